The van der Waals surface area contributed by atoms with Crippen molar-refractivity contribution in [2.24, 2.45) is 26.4 Å². The van der Waals surface area contributed by atoms with E-state index < -0.39 is 117 Å². The van der Waals surface area contributed by atoms with Crippen LogP contribution in [-0.4, -0.2) is 67.8 Å². The summed E-state index contributed by atoms with van der Waals surface area (Å²) in [5.41, 5.74) is 3.79. The van der Waals surface area contributed by atoms with Crippen molar-refractivity contribution < 1.29 is 55.5 Å². The molecule has 4 unspecified atom stereocenters. The van der Waals surface area contributed by atoms with E-state index in [1.165, 1.54) is 54.7 Å². The Kier molecular flexibility index (Phi) is 9.74. The highest BCUT2D eigenvalue weighted by Gasteiger charge is 2.37. The predicted octanol–water partition coefficient (Wildman–Crippen LogP) is 2.48. The van der Waals surface area contributed by atoms with Crippen LogP contribution in [0, 0.1) is 46.5 Å². The van der Waals surface area contributed by atoms with E-state index in [2.05, 4.69) is 20.0 Å². The van der Waals surface area contributed by atoms with E-state index >= 15 is 35.1 Å². The second kappa shape index (κ2) is 14.2. The molecule has 284 valence electrons. The summed E-state index contributed by atoms with van der Waals surface area (Å²) in [6.07, 6.45) is 4.33. The van der Waals surface area contributed by atoms with Crippen LogP contribution in [0.25, 0.3) is 17.2 Å². The van der Waals surface area contributed by atoms with Crippen LogP contribution in [0.5, 0.6) is 0 Å². The maximum atomic E-state index is 15.9. The molecule has 4 aliphatic heterocycles. The molecule has 55 heavy (non-hydrogen) atoms. The van der Waals surface area contributed by atoms with Gasteiger partial charge in [0.1, 0.15) is 12.2 Å². The fourth-order valence-electron chi connectivity index (χ4n) is 6.36. The van der Waals surface area contributed by atoms with E-state index in [-0.39, 0.29) is 44.9 Å². The maximum Gasteiger partial charge on any atom is 0.170 e. The lowest BCUT2D eigenvalue weighted by molar-refractivity contribution is 0.101. The maximum absolute atomic E-state index is 15.9. The van der Waals surface area contributed by atoms with Crippen molar-refractivity contribution in [1.29, 1.82) is 0 Å². The number of nitrogens with two attached hydrogens (primary N) is 2. The molecular weight excluding hydrogens is 744 g/mol. The van der Waals surface area contributed by atoms with Gasteiger partial charge in [-0.1, -0.05) is 0 Å². The third-order valence-electron chi connectivity index (χ3n) is 9.17. The molecule has 0 saturated carbocycles. The largest absolute Gasteiger partial charge is 0.395 e. The lowest BCUT2D eigenvalue weighted by atomic mass is 9.93. The van der Waals surface area contributed by atoms with Gasteiger partial charge in [-0.25, -0.2) is 50.1 Å². The molecule has 9 N–H and O–H groups in total. The van der Waals surface area contributed by atoms with Crippen molar-refractivity contribution in [3.05, 3.63) is 145 Å². The first kappa shape index (κ1) is 37.7. The third-order valence-corrected chi connectivity index (χ3v) is 9.17. The van der Waals surface area contributed by atoms with E-state index in [9.17, 15) is 20.4 Å². The Morgan fingerprint density at radius 1 is 0.545 bits per heavy atom. The zero-order chi connectivity index (χ0) is 39.6. The average molecular weight is 771 g/mol. The number of nitrogens with zero attached hydrogens (tertiary/aromatic N) is 3. The van der Waals surface area contributed by atoms with Crippen molar-refractivity contribution in [3.63, 3.8) is 0 Å². The van der Waals surface area contributed by atoms with Gasteiger partial charge in [0, 0.05) is 21.8 Å². The van der Waals surface area contributed by atoms with Crippen LogP contribution in [0.1, 0.15) is 34.5 Å². The molecule has 4 atom stereocenters. The zero-order valence-electron chi connectivity index (χ0n) is 27.7. The Balaban J connectivity index is 1.48. The second-order valence-corrected chi connectivity index (χ2v) is 12.6. The van der Waals surface area contributed by atoms with Crippen molar-refractivity contribution in [1.82, 2.24) is 4.98 Å². The van der Waals surface area contributed by atoms with E-state index in [4.69, 9.17) is 11.5 Å². The highest BCUT2D eigenvalue weighted by atomic mass is 19.2. The molecule has 0 radical (unpaired) electrons. The van der Waals surface area contributed by atoms with Gasteiger partial charge in [-0.3, -0.25) is 0 Å². The number of hydrogen-bond donors (Lipinski definition) is 7. The van der Waals surface area contributed by atoms with Gasteiger partial charge in [0.05, 0.1) is 81.8 Å². The molecule has 4 aliphatic rings. The summed E-state index contributed by atoms with van der Waals surface area (Å²) in [6.45, 7) is -1.96. The monoisotopic (exact) mass is 770 g/mol. The highest BCUT2D eigenvalue weighted by Crippen LogP contribution is 2.39. The van der Waals surface area contributed by atoms with Crippen LogP contribution in [0.15, 0.2) is 80.7 Å². The van der Waals surface area contributed by atoms with Gasteiger partial charge in [0.15, 0.2) is 46.5 Å². The summed E-state index contributed by atoms with van der Waals surface area (Å²) in [4.78, 5) is 15.9. The Bertz CT molecular complexity index is 2530. The number of aromatic amines is 1. The van der Waals surface area contributed by atoms with Gasteiger partial charge in [-0.15, -0.1) is 0 Å². The molecule has 1 aromatic heterocycles. The van der Waals surface area contributed by atoms with Crippen LogP contribution >= 0.6 is 0 Å². The van der Waals surface area contributed by atoms with Crippen LogP contribution in [0.4, 0.5) is 35.1 Å². The summed E-state index contributed by atoms with van der Waals surface area (Å²) >= 11 is 0. The van der Waals surface area contributed by atoms with E-state index in [0.29, 0.717) is 0 Å². The van der Waals surface area contributed by atoms with E-state index in [0.717, 1.165) is 0 Å². The first-order valence-electron chi connectivity index (χ1n) is 16.2. The van der Waals surface area contributed by atoms with Gasteiger partial charge >= 0.3 is 0 Å². The van der Waals surface area contributed by atoms with Crippen LogP contribution < -0.4 is 22.2 Å². The number of H-pyrrole nitrogens is 1. The molecule has 8 bridgehead atoms. The Labute approximate surface area is 303 Å². The van der Waals surface area contributed by atoms with Gasteiger partial charge in [-0.05, 0) is 54.7 Å². The first-order valence-corrected chi connectivity index (χ1v) is 16.2. The summed E-state index contributed by atoms with van der Waals surface area (Å²) in [5, 5.41) is 39.2. The highest BCUT2D eigenvalue weighted by molar-refractivity contribution is 6.33. The first-order chi connectivity index (χ1) is 26.2. The molecule has 7 rings (SSSR count). The lowest BCUT2D eigenvalue weighted by Crippen LogP contribution is -2.33. The zero-order valence-corrected chi connectivity index (χ0v) is 27.7. The minimum absolute atomic E-state index is 0.0417. The van der Waals surface area contributed by atoms with Gasteiger partial charge in [-0.2, -0.15) is 0 Å². The number of aromatic nitrogens is 1. The number of rotatable bonds is 8. The number of aliphatic hydroxyl groups is 4. The molecule has 3 aromatic rings. The van der Waals surface area contributed by atoms with Gasteiger partial charge in [0.2, 0.25) is 0 Å². The summed E-state index contributed by atoms with van der Waals surface area (Å²) in [5.74, 6) is -15.7. The molecule has 0 saturated heterocycles. The smallest absolute Gasteiger partial charge is 0.170 e. The number of allylic oxidation sites excluding steroid dienone is 7. The van der Waals surface area contributed by atoms with Crippen molar-refractivity contribution in [3.8, 4) is 0 Å². The fraction of sp³-hybridized carbons (Fsp3) is 0.162. The van der Waals surface area contributed by atoms with Crippen molar-refractivity contribution >= 4 is 34.4 Å². The Hall–Kier alpha value is -5.63. The second-order valence-electron chi connectivity index (χ2n) is 12.6. The van der Waals surface area contributed by atoms with Crippen molar-refractivity contribution in [2.45, 2.75) is 24.3 Å². The minimum atomic E-state index is -2.34. The summed E-state index contributed by atoms with van der Waals surface area (Å²) < 4.78 is 126. The number of fused-ring (bicyclic) bond motifs is 5. The van der Waals surface area contributed by atoms with Crippen LogP contribution in [0.3, 0.4) is 0 Å². The Morgan fingerprint density at radius 3 is 1.45 bits per heavy atom. The summed E-state index contributed by atoms with van der Waals surface area (Å²) in [7, 11) is 0. The number of aliphatic hydroxyl groups excluding tert-OH is 4. The summed E-state index contributed by atoms with van der Waals surface area (Å²) in [6, 6.07) is -0.702. The standard InChI is InChI=1S/C37H26F8N6O4/c38-28-24(29(39)33(43)26(32(28)42)36(54)14(46)10-52)22-18-3-1-12(48-18)9-13-2-4-19(49-13)23(21-8-6-17(51-21)16-5-7-20(22)50-16)25-30(40)34(44)27(35(45)31(25)41)37(55)15(47)11-53/h1-9,14-15,36-37,48,52-55H,10-11,46-47H2. The molecule has 5 heterocycles. The molecule has 0 spiro atoms. The number of halogens is 8. The SMILES string of the molecule is NC(CO)C(O)c1c(F)c(F)c(C2=C3C=CC(=N3)C=c3ccc([nH]3)=C(c3c(F)c(F)c(C(O)C(N)CO)c(F)c3F)C3=NC(=C4C=CC2=N4)C=C3)c(F)c1F. The minimum Gasteiger partial charge on any atom is -0.395 e. The average Bonchev–Trinajstić information content (AvgIpc) is 4.01. The number of aliphatic imine (C=N–C) groups is 3. The molecule has 0 fully saturated rings. The molecule has 0 amide bonds. The topological polar surface area (TPSA) is 186 Å². The van der Waals surface area contributed by atoms with Crippen LogP contribution in [0.2, 0.25) is 0 Å². The fourth-order valence-corrected chi connectivity index (χ4v) is 6.36. The number of nitrogens with one attached hydrogen (secondary N) is 1. The molecule has 2 aromatic carbocycles. The number of hydrogen-bond acceptors (Lipinski definition) is 9. The third kappa shape index (κ3) is 6.12. The Morgan fingerprint density at radius 2 is 0.982 bits per heavy atom. The van der Waals surface area contributed by atoms with E-state index in [1.807, 2.05) is 0 Å². The van der Waals surface area contributed by atoms with E-state index in [1.54, 1.807) is 0 Å². The predicted molar refractivity (Wildman–Crippen MR) is 183 cm³/mol. The van der Waals surface area contributed by atoms with Crippen LogP contribution in [-0.2, 0) is 0 Å². The lowest BCUT2D eigenvalue weighted by Gasteiger charge is -2.21. The molecule has 10 nitrogen and oxygen atoms in total. The molecule has 18 heteroatoms. The normalized spacial score (nSPS) is 18.3. The van der Waals surface area contributed by atoms with Gasteiger partial charge in [0.25, 0.3) is 0 Å². The number of benzene rings is 2. The van der Waals surface area contributed by atoms with Crippen molar-refractivity contribution in [2.75, 3.05) is 13.2 Å². The molecular formula is C37H26F8N6O4. The van der Waals surface area contributed by atoms with Gasteiger partial charge < -0.3 is 36.9 Å². The molecule has 0 aliphatic carbocycles. The quantitative estimate of drug-likeness (QED) is 0.136.